The molecule has 0 bridgehead atoms. The highest BCUT2D eigenvalue weighted by atomic mass is 31.0. The van der Waals surface area contributed by atoms with Crippen LogP contribution >= 0.6 is 9.24 Å². The average Bonchev–Trinajstić information content (AvgIpc) is 2.05. The van der Waals surface area contributed by atoms with Crippen molar-refractivity contribution in [3.63, 3.8) is 0 Å². The van der Waals surface area contributed by atoms with Gasteiger partial charge >= 0.3 is 0 Å². The van der Waals surface area contributed by atoms with E-state index < -0.39 is 0 Å². The summed E-state index contributed by atoms with van der Waals surface area (Å²) in [6, 6.07) is 0. The van der Waals surface area contributed by atoms with Gasteiger partial charge in [0.2, 0.25) is 0 Å². The Hall–Kier alpha value is -0.0900. The van der Waals surface area contributed by atoms with Gasteiger partial charge in [-0.1, -0.05) is 66.7 Å². The Kier molecular flexibility index (Phi) is 3.48. The van der Waals surface area contributed by atoms with Crippen LogP contribution in [0, 0.1) is 16.2 Å². The third-order valence-corrected chi connectivity index (χ3v) is 5.03. The van der Waals surface area contributed by atoms with Crippen LogP contribution in [0.5, 0.6) is 0 Å². The molecule has 0 fully saturated rings. The summed E-state index contributed by atoms with van der Waals surface area (Å²) in [5, 5.41) is 0. The molecule has 1 aliphatic rings. The van der Waals surface area contributed by atoms with Crippen molar-refractivity contribution in [2.75, 3.05) is 0 Å². The van der Waals surface area contributed by atoms with Crippen LogP contribution in [0.15, 0.2) is 23.8 Å². The second-order valence-corrected chi connectivity index (χ2v) is 7.98. The van der Waals surface area contributed by atoms with Gasteiger partial charge in [0.1, 0.15) is 0 Å². The van der Waals surface area contributed by atoms with Crippen LogP contribution in [-0.4, -0.2) is 5.66 Å². The summed E-state index contributed by atoms with van der Waals surface area (Å²) in [5.74, 6) is 0. The van der Waals surface area contributed by atoms with Crippen LogP contribution in [-0.2, 0) is 0 Å². The highest BCUT2D eigenvalue weighted by Gasteiger charge is 2.41. The van der Waals surface area contributed by atoms with Crippen molar-refractivity contribution in [1.82, 2.24) is 0 Å². The fourth-order valence-corrected chi connectivity index (χ4v) is 2.86. The molecule has 0 amide bonds. The summed E-state index contributed by atoms with van der Waals surface area (Å²) in [7, 11) is 3.02. The molecule has 0 aromatic carbocycles. The molecule has 1 rings (SSSR count). The molecular weight excluding hydrogens is 211 g/mol. The van der Waals surface area contributed by atoms with E-state index >= 15 is 0 Å². The van der Waals surface area contributed by atoms with Crippen molar-refractivity contribution in [1.29, 1.82) is 0 Å². The first kappa shape index (κ1) is 14.0. The SMILES string of the molecule is CC(C)(C)C1=CC(P)C(C)(C(C)(C)C)C=C1. The van der Waals surface area contributed by atoms with Gasteiger partial charge < -0.3 is 0 Å². The molecule has 3 unspecified atom stereocenters. The zero-order chi connectivity index (χ0) is 12.8. The molecule has 3 atom stereocenters. The summed E-state index contributed by atoms with van der Waals surface area (Å²) in [6.45, 7) is 16.2. The molecule has 0 heterocycles. The lowest BCUT2D eigenvalue weighted by Gasteiger charge is -2.46. The minimum absolute atomic E-state index is 0.229. The first-order valence-corrected chi connectivity index (χ1v) is 6.82. The Bertz CT molecular complexity index is 322. The van der Waals surface area contributed by atoms with Gasteiger partial charge in [0.15, 0.2) is 0 Å². The third-order valence-electron chi connectivity index (χ3n) is 4.14. The zero-order valence-corrected chi connectivity index (χ0v) is 13.0. The number of rotatable bonds is 0. The van der Waals surface area contributed by atoms with E-state index in [0.29, 0.717) is 5.66 Å². The van der Waals surface area contributed by atoms with Crippen LogP contribution in [0.2, 0.25) is 0 Å². The highest BCUT2D eigenvalue weighted by Crippen LogP contribution is 2.49. The van der Waals surface area contributed by atoms with Crippen LogP contribution < -0.4 is 0 Å². The standard InChI is InChI=1S/C15H27P/c1-13(2,3)11-8-9-15(7,12(16)10-11)14(4,5)6/h8-10,12H,16H2,1-7H3. The van der Waals surface area contributed by atoms with Gasteiger partial charge in [-0.3, -0.25) is 0 Å². The molecule has 0 aliphatic heterocycles. The Balaban J connectivity index is 3.07. The minimum atomic E-state index is 0.229. The van der Waals surface area contributed by atoms with Crippen molar-refractivity contribution < 1.29 is 0 Å². The monoisotopic (exact) mass is 238 g/mol. The Morgan fingerprint density at radius 3 is 1.94 bits per heavy atom. The maximum absolute atomic E-state index is 3.02. The third kappa shape index (κ3) is 2.43. The number of hydrogen-bond donors (Lipinski definition) is 0. The van der Waals surface area contributed by atoms with Crippen LogP contribution in [0.3, 0.4) is 0 Å². The van der Waals surface area contributed by atoms with E-state index in [9.17, 15) is 0 Å². The molecule has 1 heteroatoms. The molecular formula is C15H27P. The zero-order valence-electron chi connectivity index (χ0n) is 11.9. The Morgan fingerprint density at radius 2 is 1.62 bits per heavy atom. The summed E-state index contributed by atoms with van der Waals surface area (Å²) < 4.78 is 0. The van der Waals surface area contributed by atoms with E-state index in [1.54, 1.807) is 0 Å². The number of allylic oxidation sites excluding steroid dienone is 4. The maximum atomic E-state index is 3.02. The quantitative estimate of drug-likeness (QED) is 0.530. The van der Waals surface area contributed by atoms with Gasteiger partial charge in [-0.2, -0.15) is 0 Å². The number of hydrogen-bond acceptors (Lipinski definition) is 0. The minimum Gasteiger partial charge on any atom is -0.129 e. The van der Waals surface area contributed by atoms with E-state index in [4.69, 9.17) is 0 Å². The van der Waals surface area contributed by atoms with Gasteiger partial charge in [-0.05, 0) is 16.4 Å². The molecule has 1 aliphatic carbocycles. The molecule has 0 saturated carbocycles. The van der Waals surface area contributed by atoms with Gasteiger partial charge in [0.25, 0.3) is 0 Å². The predicted octanol–water partition coefficient (Wildman–Crippen LogP) is 4.82. The fraction of sp³-hybridized carbons (Fsp3) is 0.733. The average molecular weight is 238 g/mol. The van der Waals surface area contributed by atoms with E-state index in [0.717, 1.165) is 0 Å². The van der Waals surface area contributed by atoms with E-state index in [1.165, 1.54) is 5.57 Å². The molecule has 0 N–H and O–H groups in total. The normalized spacial score (nSPS) is 31.5. The van der Waals surface area contributed by atoms with Gasteiger partial charge in [-0.15, -0.1) is 9.24 Å². The molecule has 0 saturated heterocycles. The Labute approximate surface area is 104 Å². The van der Waals surface area contributed by atoms with Crippen molar-refractivity contribution in [2.45, 2.75) is 54.1 Å². The maximum Gasteiger partial charge on any atom is 0.00135 e. The van der Waals surface area contributed by atoms with Crippen molar-refractivity contribution >= 4 is 9.24 Å². The lowest BCUT2D eigenvalue weighted by molar-refractivity contribution is 0.174. The lowest BCUT2D eigenvalue weighted by atomic mass is 9.62. The van der Waals surface area contributed by atoms with Crippen LogP contribution in [0.4, 0.5) is 0 Å². The molecule has 0 aromatic heterocycles. The second-order valence-electron chi connectivity index (χ2n) is 7.26. The smallest absolute Gasteiger partial charge is 0.00135 e. The van der Waals surface area contributed by atoms with Gasteiger partial charge in [0, 0.05) is 11.1 Å². The van der Waals surface area contributed by atoms with Crippen molar-refractivity contribution in [3.8, 4) is 0 Å². The second kappa shape index (κ2) is 3.98. The van der Waals surface area contributed by atoms with Crippen LogP contribution in [0.1, 0.15) is 48.5 Å². The molecule has 16 heavy (non-hydrogen) atoms. The molecule has 0 radical (unpaired) electrons. The van der Waals surface area contributed by atoms with E-state index in [-0.39, 0.29) is 16.2 Å². The van der Waals surface area contributed by atoms with Crippen LogP contribution in [0.25, 0.3) is 0 Å². The molecule has 0 aromatic rings. The lowest BCUT2D eigenvalue weighted by Crippen LogP contribution is -2.40. The first-order chi connectivity index (χ1) is 6.98. The first-order valence-electron chi connectivity index (χ1n) is 6.15. The molecule has 92 valence electrons. The summed E-state index contributed by atoms with van der Waals surface area (Å²) in [5.41, 5.74) is 2.74. The van der Waals surface area contributed by atoms with E-state index in [2.05, 4.69) is 75.9 Å². The molecule has 0 spiro atoms. The predicted molar refractivity (Wildman–Crippen MR) is 77.7 cm³/mol. The topological polar surface area (TPSA) is 0 Å². The van der Waals surface area contributed by atoms with Crippen molar-refractivity contribution in [3.05, 3.63) is 23.8 Å². The van der Waals surface area contributed by atoms with Crippen molar-refractivity contribution in [2.24, 2.45) is 16.2 Å². The Morgan fingerprint density at radius 1 is 1.12 bits per heavy atom. The molecule has 0 nitrogen and oxygen atoms in total. The van der Waals surface area contributed by atoms with E-state index in [1.807, 2.05) is 0 Å². The largest absolute Gasteiger partial charge is 0.129 e. The summed E-state index contributed by atoms with van der Waals surface area (Å²) in [6.07, 6.45) is 7.16. The summed E-state index contributed by atoms with van der Waals surface area (Å²) in [4.78, 5) is 0. The fourth-order valence-electron chi connectivity index (χ4n) is 2.05. The highest BCUT2D eigenvalue weighted by molar-refractivity contribution is 7.18. The summed E-state index contributed by atoms with van der Waals surface area (Å²) >= 11 is 0. The van der Waals surface area contributed by atoms with Gasteiger partial charge in [-0.25, -0.2) is 0 Å². The van der Waals surface area contributed by atoms with Gasteiger partial charge in [0.05, 0.1) is 0 Å².